The monoisotopic (exact) mass is 897 g/mol. The summed E-state index contributed by atoms with van der Waals surface area (Å²) in [5.41, 5.74) is 13.0. The van der Waals surface area contributed by atoms with Crippen molar-refractivity contribution in [3.8, 4) is 0 Å². The molecule has 5 rings (SSSR count). The SMILES string of the molecule is NC1=N[C@]2(C(=NCCS(=O)(=O)O)N1)[C@H](CNC(=O)c1cc(Br)c(Br)[nH]1)Cc1[nH]c(N)nc1[C@@H]2CCNC(=O)c1cc(Br)c(Br)[nH]1. The number of nitrogens with zero attached hydrogens (tertiary/aromatic N) is 3. The lowest BCUT2D eigenvalue weighted by Gasteiger charge is -2.44. The number of aromatic amines is 3. The summed E-state index contributed by atoms with van der Waals surface area (Å²) >= 11 is 13.4. The molecule has 1 aliphatic heterocycles. The van der Waals surface area contributed by atoms with Crippen LogP contribution in [0, 0.1) is 5.92 Å². The number of nitrogen functional groups attached to an aromatic ring is 1. The van der Waals surface area contributed by atoms with E-state index in [1.165, 1.54) is 0 Å². The lowest BCUT2D eigenvalue weighted by molar-refractivity contribution is 0.0925. The van der Waals surface area contributed by atoms with Gasteiger partial charge >= 0.3 is 0 Å². The number of imidazole rings is 1. The zero-order valence-corrected chi connectivity index (χ0v) is 30.2. The van der Waals surface area contributed by atoms with Crippen LogP contribution >= 0.6 is 63.7 Å². The molecule has 0 bridgehead atoms. The van der Waals surface area contributed by atoms with Crippen molar-refractivity contribution >= 4 is 103 Å². The number of anilines is 1. The highest BCUT2D eigenvalue weighted by Crippen LogP contribution is 2.48. The van der Waals surface area contributed by atoms with E-state index in [1.807, 2.05) is 0 Å². The number of carbonyl (C=O) groups is 2. The predicted octanol–water partition coefficient (Wildman–Crippen LogP) is 2.15. The van der Waals surface area contributed by atoms with E-state index < -0.39 is 33.2 Å². The number of amides is 2. The minimum Gasteiger partial charge on any atom is -0.370 e. The Balaban J connectivity index is 1.50. The van der Waals surface area contributed by atoms with Crippen molar-refractivity contribution in [2.45, 2.75) is 24.3 Å². The minimum atomic E-state index is -4.31. The molecule has 242 valence electrons. The minimum absolute atomic E-state index is 0.0243. The first-order valence-electron chi connectivity index (χ1n) is 13.3. The Labute approximate surface area is 290 Å². The van der Waals surface area contributed by atoms with E-state index in [1.54, 1.807) is 12.1 Å². The molecule has 3 atom stereocenters. The molecule has 21 heteroatoms. The molecule has 11 N–H and O–H groups in total. The van der Waals surface area contributed by atoms with Gasteiger partial charge in [0.2, 0.25) is 0 Å². The third-order valence-electron chi connectivity index (χ3n) is 7.48. The fraction of sp³-hybridized carbons (Fsp3) is 0.375. The van der Waals surface area contributed by atoms with Crippen LogP contribution in [0.4, 0.5) is 5.95 Å². The van der Waals surface area contributed by atoms with Crippen molar-refractivity contribution in [2.75, 3.05) is 31.1 Å². The summed E-state index contributed by atoms with van der Waals surface area (Å²) in [6, 6.07) is 3.27. The molecular weight excluding hydrogens is 874 g/mol. The largest absolute Gasteiger partial charge is 0.370 e. The molecule has 0 saturated heterocycles. The lowest BCUT2D eigenvalue weighted by atomic mass is 9.64. The van der Waals surface area contributed by atoms with Crippen LogP contribution in [0.15, 0.2) is 40.3 Å². The first kappa shape index (κ1) is 33.6. The van der Waals surface area contributed by atoms with Gasteiger partial charge in [-0.1, -0.05) is 0 Å². The van der Waals surface area contributed by atoms with Gasteiger partial charge in [0.15, 0.2) is 11.9 Å². The summed E-state index contributed by atoms with van der Waals surface area (Å²) in [5.74, 6) is -2.01. The molecule has 3 aromatic heterocycles. The highest BCUT2D eigenvalue weighted by Gasteiger charge is 2.57. The zero-order chi connectivity index (χ0) is 32.7. The quantitative estimate of drug-likeness (QED) is 0.135. The van der Waals surface area contributed by atoms with Crippen LogP contribution < -0.4 is 27.4 Å². The fourth-order valence-electron chi connectivity index (χ4n) is 5.62. The summed E-state index contributed by atoms with van der Waals surface area (Å²) in [6.45, 7) is -0.0252. The number of nitrogens with one attached hydrogen (secondary N) is 6. The van der Waals surface area contributed by atoms with Gasteiger partial charge in [0.1, 0.15) is 22.8 Å². The molecule has 2 amide bonds. The maximum atomic E-state index is 13.1. The summed E-state index contributed by atoms with van der Waals surface area (Å²) < 4.78 is 34.9. The number of amidine groups is 1. The van der Waals surface area contributed by atoms with Crippen LogP contribution in [0.25, 0.3) is 0 Å². The van der Waals surface area contributed by atoms with Gasteiger partial charge < -0.3 is 42.4 Å². The van der Waals surface area contributed by atoms with Gasteiger partial charge in [-0.3, -0.25) is 19.1 Å². The van der Waals surface area contributed by atoms with Crippen LogP contribution in [0.1, 0.15) is 44.7 Å². The maximum absolute atomic E-state index is 13.1. The smallest absolute Gasteiger partial charge is 0.267 e. The number of hydrogen-bond acceptors (Lipinski definition) is 9. The average molecular weight is 901 g/mol. The molecule has 2 aliphatic rings. The van der Waals surface area contributed by atoms with Crippen LogP contribution in [0.5, 0.6) is 0 Å². The van der Waals surface area contributed by atoms with Gasteiger partial charge in [0, 0.05) is 30.6 Å². The average Bonchev–Trinajstić information content (AvgIpc) is 3.69. The van der Waals surface area contributed by atoms with Gasteiger partial charge in [-0.25, -0.2) is 9.98 Å². The second-order valence-corrected chi connectivity index (χ2v) is 15.2. The number of H-pyrrole nitrogens is 3. The summed E-state index contributed by atoms with van der Waals surface area (Å²) in [5, 5.41) is 8.81. The molecular formula is C24H27Br4N11O5S. The van der Waals surface area contributed by atoms with Crippen molar-refractivity contribution in [3.05, 3.63) is 53.1 Å². The van der Waals surface area contributed by atoms with E-state index in [9.17, 15) is 22.6 Å². The summed E-state index contributed by atoms with van der Waals surface area (Å²) in [6.07, 6.45) is 0.601. The third-order valence-corrected chi connectivity index (χ3v) is 11.7. The van der Waals surface area contributed by atoms with Gasteiger partial charge in [0.25, 0.3) is 21.9 Å². The predicted molar refractivity (Wildman–Crippen MR) is 181 cm³/mol. The standard InChI is InChI=1S/C24H27Br4N11O5S/c25-11-6-14(34-17(11)27)19(40)31-2-1-10-16-13(36-22(29)37-16)5-9(8-33-20(41)15-7-12(26)18(28)35-15)24(10)21(38-23(30)39-24)32-3-4-45(42,43)44/h6-7,9-10,34-35H,1-5,8H2,(H,31,40)(H,33,41)(H3,29,36,37)(H,42,43,44)(H3,30,32,38,39)/t9-,10-,24+/m0/s1. The molecule has 3 aromatic rings. The number of nitrogens with two attached hydrogens (primary N) is 2. The second kappa shape index (κ2) is 13.2. The van der Waals surface area contributed by atoms with Crippen LogP contribution in [0.3, 0.4) is 0 Å². The van der Waals surface area contributed by atoms with Gasteiger partial charge in [-0.05, 0) is 88.7 Å². The number of hydrogen-bond donors (Lipinski definition) is 9. The number of fused-ring (bicyclic) bond motifs is 1. The Hall–Kier alpha value is -2.72. The number of aromatic nitrogens is 4. The Morgan fingerprint density at radius 1 is 1.04 bits per heavy atom. The first-order valence-corrected chi connectivity index (χ1v) is 18.1. The third kappa shape index (κ3) is 7.17. The molecule has 0 radical (unpaired) electrons. The van der Waals surface area contributed by atoms with Crippen molar-refractivity contribution in [2.24, 2.45) is 21.6 Å². The number of rotatable bonds is 10. The Morgan fingerprint density at radius 2 is 1.67 bits per heavy atom. The molecule has 16 nitrogen and oxygen atoms in total. The van der Waals surface area contributed by atoms with Crippen LogP contribution in [-0.2, 0) is 16.5 Å². The molecule has 1 aliphatic carbocycles. The molecule has 0 saturated carbocycles. The summed E-state index contributed by atoms with van der Waals surface area (Å²) in [4.78, 5) is 48.9. The summed E-state index contributed by atoms with van der Waals surface area (Å²) in [7, 11) is -4.31. The second-order valence-electron chi connectivity index (χ2n) is 10.3. The molecule has 1 spiro atoms. The topological polar surface area (TPSA) is 262 Å². The van der Waals surface area contributed by atoms with E-state index in [0.717, 1.165) is 0 Å². The van der Waals surface area contributed by atoms with E-state index in [0.29, 0.717) is 47.3 Å². The normalized spacial score (nSPS) is 21.9. The number of carbonyl (C=O) groups excluding carboxylic acids is 2. The van der Waals surface area contributed by atoms with E-state index in [2.05, 4.69) is 105 Å². The Kier molecular flexibility index (Phi) is 9.85. The van der Waals surface area contributed by atoms with Crippen molar-refractivity contribution in [3.63, 3.8) is 0 Å². The van der Waals surface area contributed by atoms with E-state index >= 15 is 0 Å². The van der Waals surface area contributed by atoms with Crippen molar-refractivity contribution in [1.29, 1.82) is 0 Å². The zero-order valence-electron chi connectivity index (χ0n) is 23.0. The molecule has 0 unspecified atom stereocenters. The van der Waals surface area contributed by atoms with Crippen LogP contribution in [-0.4, -0.2) is 87.4 Å². The first-order chi connectivity index (χ1) is 21.2. The molecule has 0 fully saturated rings. The van der Waals surface area contributed by atoms with Crippen molar-refractivity contribution < 1.29 is 22.6 Å². The van der Waals surface area contributed by atoms with Gasteiger partial charge in [-0.15, -0.1) is 0 Å². The molecule has 45 heavy (non-hydrogen) atoms. The van der Waals surface area contributed by atoms with Gasteiger partial charge in [-0.2, -0.15) is 8.42 Å². The highest BCUT2D eigenvalue weighted by molar-refractivity contribution is 9.13. The lowest BCUT2D eigenvalue weighted by Crippen LogP contribution is -2.57. The Morgan fingerprint density at radius 3 is 2.24 bits per heavy atom. The number of halogens is 4. The molecule has 0 aromatic carbocycles. The van der Waals surface area contributed by atoms with E-state index in [4.69, 9.17) is 16.5 Å². The highest BCUT2D eigenvalue weighted by atomic mass is 79.9. The maximum Gasteiger partial charge on any atom is 0.267 e. The van der Waals surface area contributed by atoms with Gasteiger partial charge in [0.05, 0.1) is 36.1 Å². The number of guanidine groups is 1. The van der Waals surface area contributed by atoms with Crippen molar-refractivity contribution in [1.82, 2.24) is 35.9 Å². The number of aliphatic imine (C=N–C) groups is 2. The van der Waals surface area contributed by atoms with E-state index in [-0.39, 0.29) is 55.6 Å². The fourth-order valence-corrected chi connectivity index (χ4v) is 7.26. The van der Waals surface area contributed by atoms with Crippen LogP contribution in [0.2, 0.25) is 0 Å². The Bertz CT molecular complexity index is 1780. The molecule has 4 heterocycles.